The Morgan fingerprint density at radius 1 is 1.58 bits per heavy atom. The number of nitrogens with zero attached hydrogens (tertiary/aromatic N) is 3. The minimum Gasteiger partial charge on any atom is -0.490 e. The third kappa shape index (κ3) is 3.87. The molecule has 6 nitrogen and oxygen atoms in total. The molecule has 2 heterocycles. The molecule has 1 atom stereocenters. The molecule has 0 saturated heterocycles. The van der Waals surface area contributed by atoms with Crippen molar-refractivity contribution in [2.45, 2.75) is 26.4 Å². The zero-order valence-electron chi connectivity index (χ0n) is 10.9. The van der Waals surface area contributed by atoms with Crippen LogP contribution in [0.2, 0.25) is 0 Å². The average Bonchev–Trinajstić information content (AvgIpc) is 2.75. The van der Waals surface area contributed by atoms with E-state index in [2.05, 4.69) is 10.1 Å². The van der Waals surface area contributed by atoms with Gasteiger partial charge in [0, 0.05) is 17.5 Å². The van der Waals surface area contributed by atoms with Crippen LogP contribution in [-0.2, 0) is 6.54 Å². The quantitative estimate of drug-likeness (QED) is 0.875. The fraction of sp³-hybridized carbons (Fsp3) is 0.417. The van der Waals surface area contributed by atoms with Gasteiger partial charge >= 0.3 is 0 Å². The number of hydrogen-bond acceptors (Lipinski definition) is 6. The standard InChI is InChI=1S/C12H16N4O2S/c1-8(13)6-18-11-3-12(17)16(14-4-11)5-10-7-19-9(2)15-10/h3-4,7-8H,5-6,13H2,1-2H3. The van der Waals surface area contributed by atoms with E-state index in [4.69, 9.17) is 10.5 Å². The van der Waals surface area contributed by atoms with Gasteiger partial charge in [0.1, 0.15) is 12.4 Å². The monoisotopic (exact) mass is 280 g/mol. The molecule has 0 aliphatic carbocycles. The van der Waals surface area contributed by atoms with E-state index in [-0.39, 0.29) is 11.6 Å². The minimum absolute atomic E-state index is 0.0830. The molecule has 2 aromatic rings. The first-order chi connectivity index (χ1) is 9.04. The molecule has 0 radical (unpaired) electrons. The van der Waals surface area contributed by atoms with Crippen molar-refractivity contribution in [2.75, 3.05) is 6.61 Å². The maximum atomic E-state index is 11.9. The molecule has 0 saturated carbocycles. The van der Waals surface area contributed by atoms with Crippen LogP contribution in [0.1, 0.15) is 17.6 Å². The van der Waals surface area contributed by atoms with E-state index in [1.807, 2.05) is 19.2 Å². The van der Waals surface area contributed by atoms with E-state index in [1.165, 1.54) is 16.9 Å². The van der Waals surface area contributed by atoms with Crippen LogP contribution in [0, 0.1) is 6.92 Å². The number of thiazole rings is 1. The Balaban J connectivity index is 2.09. The Bertz CT molecular complexity index is 606. The van der Waals surface area contributed by atoms with Crippen molar-refractivity contribution in [3.05, 3.63) is 38.7 Å². The first-order valence-corrected chi connectivity index (χ1v) is 6.79. The van der Waals surface area contributed by atoms with Crippen molar-refractivity contribution in [3.63, 3.8) is 0 Å². The largest absolute Gasteiger partial charge is 0.490 e. The lowest BCUT2D eigenvalue weighted by Gasteiger charge is -2.08. The van der Waals surface area contributed by atoms with Gasteiger partial charge in [0.05, 0.1) is 23.4 Å². The maximum absolute atomic E-state index is 11.9. The SMILES string of the molecule is Cc1nc(Cn2ncc(OCC(C)N)cc2=O)cs1. The number of hydrogen-bond donors (Lipinski definition) is 1. The molecule has 0 aromatic carbocycles. The van der Waals surface area contributed by atoms with Crippen molar-refractivity contribution in [2.24, 2.45) is 5.73 Å². The van der Waals surface area contributed by atoms with Gasteiger partial charge < -0.3 is 10.5 Å². The molecule has 1 unspecified atom stereocenters. The first kappa shape index (κ1) is 13.7. The lowest BCUT2D eigenvalue weighted by Crippen LogP contribution is -2.26. The number of aryl methyl sites for hydroxylation is 1. The van der Waals surface area contributed by atoms with Gasteiger partial charge in [0.25, 0.3) is 5.56 Å². The Morgan fingerprint density at radius 2 is 2.37 bits per heavy atom. The highest BCUT2D eigenvalue weighted by Crippen LogP contribution is 2.09. The molecule has 0 aliphatic rings. The molecule has 2 rings (SSSR count). The smallest absolute Gasteiger partial charge is 0.270 e. The fourth-order valence-electron chi connectivity index (χ4n) is 1.48. The molecule has 2 aromatic heterocycles. The first-order valence-electron chi connectivity index (χ1n) is 5.91. The minimum atomic E-state index is -0.215. The normalized spacial score (nSPS) is 12.4. The molecular formula is C12H16N4O2S. The van der Waals surface area contributed by atoms with Crippen LogP contribution in [0.3, 0.4) is 0 Å². The van der Waals surface area contributed by atoms with E-state index in [0.29, 0.717) is 18.9 Å². The Hall–Kier alpha value is -1.73. The molecule has 0 spiro atoms. The van der Waals surface area contributed by atoms with Crippen molar-refractivity contribution in [3.8, 4) is 5.75 Å². The van der Waals surface area contributed by atoms with Crippen LogP contribution >= 0.6 is 11.3 Å². The molecule has 102 valence electrons. The number of ether oxygens (including phenoxy) is 1. The molecule has 0 aliphatic heterocycles. The van der Waals surface area contributed by atoms with Crippen LogP contribution in [-0.4, -0.2) is 27.4 Å². The second-order valence-electron chi connectivity index (χ2n) is 4.33. The van der Waals surface area contributed by atoms with Crippen LogP contribution < -0.4 is 16.0 Å². The molecule has 0 fully saturated rings. The lowest BCUT2D eigenvalue weighted by molar-refractivity contribution is 0.293. The molecule has 0 amide bonds. The van der Waals surface area contributed by atoms with Gasteiger partial charge in [-0.25, -0.2) is 9.67 Å². The summed E-state index contributed by atoms with van der Waals surface area (Å²) in [6, 6.07) is 1.33. The third-order valence-electron chi connectivity index (χ3n) is 2.34. The predicted octanol–water partition coefficient (Wildman–Crippen LogP) is 0.783. The van der Waals surface area contributed by atoms with Gasteiger partial charge in [-0.05, 0) is 13.8 Å². The third-order valence-corrected chi connectivity index (χ3v) is 3.16. The predicted molar refractivity (Wildman–Crippen MR) is 73.6 cm³/mol. The van der Waals surface area contributed by atoms with Gasteiger partial charge in [-0.3, -0.25) is 4.79 Å². The summed E-state index contributed by atoms with van der Waals surface area (Å²) < 4.78 is 6.70. The van der Waals surface area contributed by atoms with E-state index < -0.39 is 0 Å². The van der Waals surface area contributed by atoms with Crippen molar-refractivity contribution < 1.29 is 4.74 Å². The fourth-order valence-corrected chi connectivity index (χ4v) is 2.08. The number of aromatic nitrogens is 3. The van der Waals surface area contributed by atoms with Crippen molar-refractivity contribution in [1.82, 2.24) is 14.8 Å². The zero-order chi connectivity index (χ0) is 13.8. The van der Waals surface area contributed by atoms with Crippen LogP contribution in [0.4, 0.5) is 0 Å². The highest BCUT2D eigenvalue weighted by Gasteiger charge is 2.05. The second-order valence-corrected chi connectivity index (χ2v) is 5.40. The maximum Gasteiger partial charge on any atom is 0.270 e. The van der Waals surface area contributed by atoms with E-state index in [1.54, 1.807) is 11.3 Å². The Morgan fingerprint density at radius 3 is 2.95 bits per heavy atom. The molecule has 0 bridgehead atoms. The number of nitrogens with two attached hydrogens (primary N) is 1. The van der Waals surface area contributed by atoms with Gasteiger partial charge in [0.15, 0.2) is 0 Å². The van der Waals surface area contributed by atoms with Crippen molar-refractivity contribution in [1.29, 1.82) is 0 Å². The van der Waals surface area contributed by atoms with Crippen LogP contribution in [0.5, 0.6) is 5.75 Å². The number of rotatable bonds is 5. The average molecular weight is 280 g/mol. The molecule has 7 heteroatoms. The zero-order valence-corrected chi connectivity index (χ0v) is 11.7. The highest BCUT2D eigenvalue weighted by molar-refractivity contribution is 7.09. The molecule has 2 N–H and O–H groups in total. The topological polar surface area (TPSA) is 83.0 Å². The van der Waals surface area contributed by atoms with Gasteiger partial charge in [-0.2, -0.15) is 5.10 Å². The summed E-state index contributed by atoms with van der Waals surface area (Å²) in [7, 11) is 0. The van der Waals surface area contributed by atoms with Crippen molar-refractivity contribution >= 4 is 11.3 Å². The lowest BCUT2D eigenvalue weighted by atomic mass is 10.4. The van der Waals surface area contributed by atoms with E-state index in [0.717, 1.165) is 10.7 Å². The summed E-state index contributed by atoms with van der Waals surface area (Å²) in [5.41, 5.74) is 6.20. The summed E-state index contributed by atoms with van der Waals surface area (Å²) in [6.07, 6.45) is 1.52. The summed E-state index contributed by atoms with van der Waals surface area (Å²) in [4.78, 5) is 16.2. The summed E-state index contributed by atoms with van der Waals surface area (Å²) in [5.74, 6) is 0.438. The molecule has 19 heavy (non-hydrogen) atoms. The Labute approximate surface area is 114 Å². The van der Waals surface area contributed by atoms with Crippen LogP contribution in [0.15, 0.2) is 22.4 Å². The van der Waals surface area contributed by atoms with E-state index in [9.17, 15) is 4.79 Å². The van der Waals surface area contributed by atoms with Gasteiger partial charge in [0.2, 0.25) is 0 Å². The summed E-state index contributed by atoms with van der Waals surface area (Å²) in [6.45, 7) is 4.49. The summed E-state index contributed by atoms with van der Waals surface area (Å²) >= 11 is 1.55. The Kier molecular flexibility index (Phi) is 4.28. The van der Waals surface area contributed by atoms with Crippen LogP contribution in [0.25, 0.3) is 0 Å². The molecular weight excluding hydrogens is 264 g/mol. The van der Waals surface area contributed by atoms with E-state index >= 15 is 0 Å². The van der Waals surface area contributed by atoms with Gasteiger partial charge in [-0.15, -0.1) is 11.3 Å². The highest BCUT2D eigenvalue weighted by atomic mass is 32.1. The van der Waals surface area contributed by atoms with Gasteiger partial charge in [-0.1, -0.05) is 0 Å². The summed E-state index contributed by atoms with van der Waals surface area (Å²) in [5, 5.41) is 6.96. The second kappa shape index (κ2) is 5.94.